The largest absolute Gasteiger partial charge is 0.241 e. The van der Waals surface area contributed by atoms with Crippen LogP contribution >= 0.6 is 11.8 Å². The lowest BCUT2D eigenvalue weighted by molar-refractivity contribution is 0.602. The number of para-hydroxylation sites is 1. The molecule has 2 aromatic carbocycles. The van der Waals surface area contributed by atoms with E-state index in [2.05, 4.69) is 11.1 Å². The van der Waals surface area contributed by atoms with E-state index in [1.165, 1.54) is 17.8 Å². The molecular formula is C16H9FN2S. The molecule has 0 aliphatic carbocycles. The van der Waals surface area contributed by atoms with Gasteiger partial charge in [0.2, 0.25) is 0 Å². The highest BCUT2D eigenvalue weighted by molar-refractivity contribution is 7.99. The monoisotopic (exact) mass is 280 g/mol. The van der Waals surface area contributed by atoms with E-state index in [1.54, 1.807) is 24.3 Å². The van der Waals surface area contributed by atoms with Gasteiger partial charge < -0.3 is 0 Å². The van der Waals surface area contributed by atoms with Crippen molar-refractivity contribution in [1.82, 2.24) is 4.98 Å². The fraction of sp³-hybridized carbons (Fsp3) is 0. The molecule has 0 saturated heterocycles. The molecule has 1 heterocycles. The summed E-state index contributed by atoms with van der Waals surface area (Å²) >= 11 is 1.22. The van der Waals surface area contributed by atoms with Crippen molar-refractivity contribution in [1.29, 1.82) is 5.26 Å². The number of pyridine rings is 1. The standard InChI is InChI=1S/C16H9FN2S/c17-13-6-2-4-8-15(13)20-16-9-11(10-18)12-5-1-3-7-14(12)19-16/h1-9H. The van der Waals surface area contributed by atoms with Crippen molar-refractivity contribution in [3.05, 3.63) is 66.0 Å². The van der Waals surface area contributed by atoms with E-state index in [1.807, 2.05) is 24.3 Å². The van der Waals surface area contributed by atoms with Crippen LogP contribution in [0.25, 0.3) is 10.9 Å². The zero-order valence-corrected chi connectivity index (χ0v) is 11.2. The molecule has 0 aliphatic rings. The first kappa shape index (κ1) is 12.6. The predicted molar refractivity (Wildman–Crippen MR) is 77.0 cm³/mol. The van der Waals surface area contributed by atoms with Crippen LogP contribution in [0.5, 0.6) is 0 Å². The molecule has 0 N–H and O–H groups in total. The molecule has 0 bridgehead atoms. The normalized spacial score (nSPS) is 10.4. The highest BCUT2D eigenvalue weighted by Crippen LogP contribution is 2.30. The SMILES string of the molecule is N#Cc1cc(Sc2ccccc2F)nc2ccccc12. The molecule has 0 aliphatic heterocycles. The summed E-state index contributed by atoms with van der Waals surface area (Å²) in [7, 11) is 0. The highest BCUT2D eigenvalue weighted by atomic mass is 32.2. The van der Waals surface area contributed by atoms with Crippen molar-refractivity contribution in [2.24, 2.45) is 0 Å². The first-order valence-corrected chi connectivity index (χ1v) is 6.82. The van der Waals surface area contributed by atoms with Gasteiger partial charge in [0.1, 0.15) is 10.8 Å². The Hall–Kier alpha value is -2.38. The second-order valence-electron chi connectivity index (χ2n) is 4.17. The van der Waals surface area contributed by atoms with E-state index in [0.29, 0.717) is 15.5 Å². The first-order chi connectivity index (χ1) is 9.78. The van der Waals surface area contributed by atoms with Crippen molar-refractivity contribution >= 4 is 22.7 Å². The smallest absolute Gasteiger partial charge is 0.137 e. The molecule has 20 heavy (non-hydrogen) atoms. The Morgan fingerprint density at radius 3 is 2.60 bits per heavy atom. The second-order valence-corrected chi connectivity index (χ2v) is 5.23. The zero-order chi connectivity index (χ0) is 13.9. The van der Waals surface area contributed by atoms with Crippen LogP contribution in [0.4, 0.5) is 4.39 Å². The first-order valence-electron chi connectivity index (χ1n) is 6.00. The maximum Gasteiger partial charge on any atom is 0.137 e. The molecule has 0 atom stereocenters. The van der Waals surface area contributed by atoms with Crippen LogP contribution in [0.15, 0.2) is 64.5 Å². The third kappa shape index (κ3) is 2.36. The number of benzene rings is 2. The number of halogens is 1. The summed E-state index contributed by atoms with van der Waals surface area (Å²) < 4.78 is 13.7. The fourth-order valence-corrected chi connectivity index (χ4v) is 2.79. The number of rotatable bonds is 2. The van der Waals surface area contributed by atoms with Crippen molar-refractivity contribution < 1.29 is 4.39 Å². The van der Waals surface area contributed by atoms with Gasteiger partial charge in [0.05, 0.1) is 17.1 Å². The third-order valence-electron chi connectivity index (χ3n) is 2.86. The van der Waals surface area contributed by atoms with Gasteiger partial charge in [-0.25, -0.2) is 9.37 Å². The van der Waals surface area contributed by atoms with Gasteiger partial charge in [0.25, 0.3) is 0 Å². The van der Waals surface area contributed by atoms with Crippen LogP contribution in [-0.2, 0) is 0 Å². The Morgan fingerprint density at radius 2 is 1.80 bits per heavy atom. The molecular weight excluding hydrogens is 271 g/mol. The minimum atomic E-state index is -0.286. The Morgan fingerprint density at radius 1 is 1.05 bits per heavy atom. The fourth-order valence-electron chi connectivity index (χ4n) is 1.94. The summed E-state index contributed by atoms with van der Waals surface area (Å²) in [5.74, 6) is -0.286. The number of hydrogen-bond donors (Lipinski definition) is 0. The lowest BCUT2D eigenvalue weighted by Gasteiger charge is -2.05. The van der Waals surface area contributed by atoms with Gasteiger partial charge in [-0.15, -0.1) is 0 Å². The van der Waals surface area contributed by atoms with E-state index >= 15 is 0 Å². The molecule has 96 valence electrons. The summed E-state index contributed by atoms with van der Waals surface area (Å²) in [6, 6.07) is 17.8. The summed E-state index contributed by atoms with van der Waals surface area (Å²) in [5.41, 5.74) is 1.29. The summed E-state index contributed by atoms with van der Waals surface area (Å²) in [6.07, 6.45) is 0. The molecule has 0 radical (unpaired) electrons. The van der Waals surface area contributed by atoms with Crippen LogP contribution in [-0.4, -0.2) is 4.98 Å². The number of fused-ring (bicyclic) bond motifs is 1. The van der Waals surface area contributed by atoms with Gasteiger partial charge in [-0.05, 0) is 24.3 Å². The lowest BCUT2D eigenvalue weighted by atomic mass is 10.1. The molecule has 4 heteroatoms. The van der Waals surface area contributed by atoms with Gasteiger partial charge in [-0.1, -0.05) is 42.1 Å². The van der Waals surface area contributed by atoms with Crippen molar-refractivity contribution in [3.63, 3.8) is 0 Å². The van der Waals surface area contributed by atoms with Gasteiger partial charge in [-0.2, -0.15) is 5.26 Å². The van der Waals surface area contributed by atoms with E-state index < -0.39 is 0 Å². The topological polar surface area (TPSA) is 36.7 Å². The van der Waals surface area contributed by atoms with E-state index in [-0.39, 0.29) is 5.82 Å². The molecule has 0 fully saturated rings. The Balaban J connectivity index is 2.09. The lowest BCUT2D eigenvalue weighted by Crippen LogP contribution is -1.88. The number of nitriles is 1. The molecule has 0 amide bonds. The highest BCUT2D eigenvalue weighted by Gasteiger charge is 2.08. The molecule has 1 aromatic heterocycles. The molecule has 0 unspecified atom stereocenters. The van der Waals surface area contributed by atoms with Crippen molar-refractivity contribution in [2.45, 2.75) is 9.92 Å². The molecule has 2 nitrogen and oxygen atoms in total. The van der Waals surface area contributed by atoms with Gasteiger partial charge in [0.15, 0.2) is 0 Å². The van der Waals surface area contributed by atoms with Crippen molar-refractivity contribution in [2.75, 3.05) is 0 Å². The molecule has 3 rings (SSSR count). The summed E-state index contributed by atoms with van der Waals surface area (Å²) in [4.78, 5) is 4.96. The van der Waals surface area contributed by atoms with E-state index in [0.717, 1.165) is 10.9 Å². The minimum Gasteiger partial charge on any atom is -0.241 e. The number of aromatic nitrogens is 1. The van der Waals surface area contributed by atoms with Crippen LogP contribution in [0, 0.1) is 17.1 Å². The molecule has 0 saturated carbocycles. The molecule has 3 aromatic rings. The number of hydrogen-bond acceptors (Lipinski definition) is 3. The van der Waals surface area contributed by atoms with Crippen LogP contribution in [0.3, 0.4) is 0 Å². The van der Waals surface area contributed by atoms with Gasteiger partial charge >= 0.3 is 0 Å². The molecule has 0 spiro atoms. The Bertz CT molecular complexity index is 824. The summed E-state index contributed by atoms with van der Waals surface area (Å²) in [5, 5.41) is 10.6. The maximum absolute atomic E-state index is 13.7. The predicted octanol–water partition coefficient (Wildman–Crippen LogP) is 4.40. The Labute approximate surface area is 119 Å². The van der Waals surface area contributed by atoms with Gasteiger partial charge in [-0.3, -0.25) is 0 Å². The average molecular weight is 280 g/mol. The maximum atomic E-state index is 13.7. The number of nitrogens with zero attached hydrogens (tertiary/aromatic N) is 2. The Kier molecular flexibility index (Phi) is 3.36. The third-order valence-corrected chi connectivity index (χ3v) is 3.83. The average Bonchev–Trinajstić information content (AvgIpc) is 2.49. The minimum absolute atomic E-state index is 0.286. The summed E-state index contributed by atoms with van der Waals surface area (Å²) in [6.45, 7) is 0. The van der Waals surface area contributed by atoms with Crippen LogP contribution in [0.2, 0.25) is 0 Å². The van der Waals surface area contributed by atoms with Crippen LogP contribution < -0.4 is 0 Å². The van der Waals surface area contributed by atoms with Crippen molar-refractivity contribution in [3.8, 4) is 6.07 Å². The zero-order valence-electron chi connectivity index (χ0n) is 10.4. The second kappa shape index (κ2) is 5.32. The van der Waals surface area contributed by atoms with E-state index in [9.17, 15) is 9.65 Å². The van der Waals surface area contributed by atoms with Gasteiger partial charge in [0, 0.05) is 10.3 Å². The quantitative estimate of drug-likeness (QED) is 0.698. The van der Waals surface area contributed by atoms with Crippen LogP contribution in [0.1, 0.15) is 5.56 Å². The van der Waals surface area contributed by atoms with E-state index in [4.69, 9.17) is 0 Å².